The number of hydrogen-bond acceptors (Lipinski definition) is 3. The molecule has 2 heterocycles. The summed E-state index contributed by atoms with van der Waals surface area (Å²) >= 11 is 5.76. The molecule has 5 nitrogen and oxygen atoms in total. The summed E-state index contributed by atoms with van der Waals surface area (Å²) in [5.74, 6) is 0.0545. The van der Waals surface area contributed by atoms with Crippen molar-refractivity contribution in [1.29, 1.82) is 0 Å². The Balaban J connectivity index is 1.55. The molecule has 1 aromatic carbocycles. The molecule has 1 unspecified atom stereocenters. The topological polar surface area (TPSA) is 62.3 Å². The predicted molar refractivity (Wildman–Crippen MR) is 100 cm³/mol. The van der Waals surface area contributed by atoms with E-state index >= 15 is 0 Å². The minimum Gasteiger partial charge on any atom is -0.352 e. The van der Waals surface area contributed by atoms with E-state index in [2.05, 4.69) is 10.3 Å². The normalized spacial score (nSPS) is 16.8. The molecule has 2 aromatic rings. The summed E-state index contributed by atoms with van der Waals surface area (Å²) in [5, 5.41) is 3.32. The van der Waals surface area contributed by atoms with Crippen LogP contribution in [0.3, 0.4) is 0 Å². The second-order valence-electron chi connectivity index (χ2n) is 6.67. The van der Waals surface area contributed by atoms with Gasteiger partial charge in [-0.05, 0) is 30.5 Å². The standard InChI is InChI=1S/C20H22ClN3O2/c1-14-2-4-15(5-3-14)13-24-17(7-9-20(24)26)10-19(25)23-12-16-6-8-18(21)22-11-16/h2-6,8,11,17H,7,9-10,12-13H2,1H3,(H,23,25). The smallest absolute Gasteiger partial charge is 0.223 e. The Labute approximate surface area is 158 Å². The minimum atomic E-state index is -0.0615. The molecule has 1 aliphatic rings. The van der Waals surface area contributed by atoms with Gasteiger partial charge in [0.15, 0.2) is 0 Å². The molecule has 1 aliphatic heterocycles. The van der Waals surface area contributed by atoms with Crippen molar-refractivity contribution in [3.8, 4) is 0 Å². The third-order valence-electron chi connectivity index (χ3n) is 4.63. The van der Waals surface area contributed by atoms with Gasteiger partial charge in [-0.3, -0.25) is 9.59 Å². The van der Waals surface area contributed by atoms with Gasteiger partial charge in [0.25, 0.3) is 0 Å². The number of aryl methyl sites for hydroxylation is 1. The molecule has 1 fully saturated rings. The van der Waals surface area contributed by atoms with Gasteiger partial charge >= 0.3 is 0 Å². The second-order valence-corrected chi connectivity index (χ2v) is 7.06. The van der Waals surface area contributed by atoms with Gasteiger partial charge in [0.2, 0.25) is 11.8 Å². The summed E-state index contributed by atoms with van der Waals surface area (Å²) in [6, 6.07) is 11.6. The van der Waals surface area contributed by atoms with Crippen molar-refractivity contribution in [2.24, 2.45) is 0 Å². The highest BCUT2D eigenvalue weighted by atomic mass is 35.5. The first-order valence-electron chi connectivity index (χ1n) is 8.73. The zero-order valence-electron chi connectivity index (χ0n) is 14.7. The van der Waals surface area contributed by atoms with Crippen LogP contribution in [0.5, 0.6) is 0 Å². The predicted octanol–water partition coefficient (Wildman–Crippen LogP) is 3.24. The van der Waals surface area contributed by atoms with E-state index in [0.29, 0.717) is 31.1 Å². The van der Waals surface area contributed by atoms with E-state index in [1.165, 1.54) is 5.56 Å². The fourth-order valence-corrected chi connectivity index (χ4v) is 3.22. The van der Waals surface area contributed by atoms with E-state index < -0.39 is 0 Å². The number of rotatable bonds is 6. The van der Waals surface area contributed by atoms with Crippen molar-refractivity contribution in [3.63, 3.8) is 0 Å². The van der Waals surface area contributed by atoms with E-state index in [9.17, 15) is 9.59 Å². The number of aromatic nitrogens is 1. The summed E-state index contributed by atoms with van der Waals surface area (Å²) in [7, 11) is 0. The molecule has 26 heavy (non-hydrogen) atoms. The zero-order valence-corrected chi connectivity index (χ0v) is 15.5. The van der Waals surface area contributed by atoms with E-state index in [4.69, 9.17) is 11.6 Å². The van der Waals surface area contributed by atoms with Gasteiger partial charge in [0.1, 0.15) is 5.15 Å². The average molecular weight is 372 g/mol. The molecule has 0 aliphatic carbocycles. The van der Waals surface area contributed by atoms with Gasteiger partial charge in [0.05, 0.1) is 0 Å². The van der Waals surface area contributed by atoms with Crippen LogP contribution < -0.4 is 5.32 Å². The number of nitrogens with zero attached hydrogens (tertiary/aromatic N) is 2. The molecule has 0 spiro atoms. The van der Waals surface area contributed by atoms with E-state index in [1.54, 1.807) is 12.3 Å². The highest BCUT2D eigenvalue weighted by Gasteiger charge is 2.32. The van der Waals surface area contributed by atoms with Gasteiger partial charge in [-0.2, -0.15) is 0 Å². The Morgan fingerprint density at radius 2 is 1.96 bits per heavy atom. The van der Waals surface area contributed by atoms with Gasteiger partial charge in [0, 0.05) is 38.2 Å². The third-order valence-corrected chi connectivity index (χ3v) is 4.85. The number of halogens is 1. The van der Waals surface area contributed by atoms with Crippen LogP contribution >= 0.6 is 11.6 Å². The second kappa shape index (κ2) is 8.32. The highest BCUT2D eigenvalue weighted by molar-refractivity contribution is 6.29. The van der Waals surface area contributed by atoms with Gasteiger partial charge in [-0.25, -0.2) is 4.98 Å². The van der Waals surface area contributed by atoms with Crippen LogP contribution in [-0.2, 0) is 22.7 Å². The molecule has 0 saturated carbocycles. The maximum absolute atomic E-state index is 12.3. The Hall–Kier alpha value is -2.40. The average Bonchev–Trinajstić information content (AvgIpc) is 2.96. The molecule has 1 N–H and O–H groups in total. The lowest BCUT2D eigenvalue weighted by molar-refractivity contribution is -0.130. The monoisotopic (exact) mass is 371 g/mol. The number of hydrogen-bond donors (Lipinski definition) is 1. The molecule has 0 bridgehead atoms. The SMILES string of the molecule is Cc1ccc(CN2C(=O)CCC2CC(=O)NCc2ccc(Cl)nc2)cc1. The van der Waals surface area contributed by atoms with Crippen LogP contribution in [-0.4, -0.2) is 27.7 Å². The summed E-state index contributed by atoms with van der Waals surface area (Å²) < 4.78 is 0. The Bertz CT molecular complexity index is 775. The fourth-order valence-electron chi connectivity index (χ4n) is 3.11. The number of likely N-dealkylation sites (tertiary alicyclic amines) is 1. The van der Waals surface area contributed by atoms with Crippen LogP contribution in [0, 0.1) is 6.92 Å². The van der Waals surface area contributed by atoms with Crippen molar-refractivity contribution >= 4 is 23.4 Å². The molecular weight excluding hydrogens is 350 g/mol. The quantitative estimate of drug-likeness (QED) is 0.793. The van der Waals surface area contributed by atoms with Crippen LogP contribution in [0.25, 0.3) is 0 Å². The summed E-state index contributed by atoms with van der Waals surface area (Å²) in [5.41, 5.74) is 3.17. The number of carbonyl (C=O) groups excluding carboxylic acids is 2. The lowest BCUT2D eigenvalue weighted by Crippen LogP contribution is -2.36. The van der Waals surface area contributed by atoms with Crippen molar-refractivity contribution in [3.05, 3.63) is 64.4 Å². The first kappa shape index (κ1) is 18.4. The number of amides is 2. The molecule has 2 amide bonds. The Morgan fingerprint density at radius 1 is 1.23 bits per heavy atom. The molecule has 3 rings (SSSR count). The molecule has 0 radical (unpaired) electrons. The number of carbonyl (C=O) groups is 2. The maximum atomic E-state index is 12.3. The van der Waals surface area contributed by atoms with Crippen molar-refractivity contribution < 1.29 is 9.59 Å². The van der Waals surface area contributed by atoms with E-state index in [0.717, 1.165) is 17.5 Å². The van der Waals surface area contributed by atoms with Gasteiger partial charge in [-0.1, -0.05) is 47.5 Å². The first-order chi connectivity index (χ1) is 12.5. The van der Waals surface area contributed by atoms with Gasteiger partial charge in [-0.15, -0.1) is 0 Å². The van der Waals surface area contributed by atoms with E-state index in [-0.39, 0.29) is 17.9 Å². The maximum Gasteiger partial charge on any atom is 0.223 e. The lowest BCUT2D eigenvalue weighted by atomic mass is 10.1. The van der Waals surface area contributed by atoms with Crippen LogP contribution in [0.15, 0.2) is 42.6 Å². The minimum absolute atomic E-state index is 0.0489. The van der Waals surface area contributed by atoms with Crippen molar-refractivity contribution in [2.45, 2.75) is 45.3 Å². The Morgan fingerprint density at radius 3 is 2.65 bits per heavy atom. The number of pyridine rings is 1. The molecule has 136 valence electrons. The van der Waals surface area contributed by atoms with Crippen LogP contribution in [0.1, 0.15) is 36.0 Å². The molecule has 6 heteroatoms. The van der Waals surface area contributed by atoms with Crippen molar-refractivity contribution in [1.82, 2.24) is 15.2 Å². The zero-order chi connectivity index (χ0) is 18.5. The Kier molecular flexibility index (Phi) is 5.89. The summed E-state index contributed by atoms with van der Waals surface area (Å²) in [6.07, 6.45) is 3.19. The largest absolute Gasteiger partial charge is 0.352 e. The molecule has 1 aromatic heterocycles. The lowest BCUT2D eigenvalue weighted by Gasteiger charge is -2.24. The van der Waals surface area contributed by atoms with E-state index in [1.807, 2.05) is 42.2 Å². The summed E-state index contributed by atoms with van der Waals surface area (Å²) in [4.78, 5) is 30.3. The van der Waals surface area contributed by atoms with Crippen LogP contribution in [0.4, 0.5) is 0 Å². The number of benzene rings is 1. The third kappa shape index (κ3) is 4.82. The fraction of sp³-hybridized carbons (Fsp3) is 0.350. The first-order valence-corrected chi connectivity index (χ1v) is 9.11. The molecule has 1 saturated heterocycles. The van der Waals surface area contributed by atoms with Gasteiger partial charge < -0.3 is 10.2 Å². The number of nitrogens with one attached hydrogen (secondary N) is 1. The van der Waals surface area contributed by atoms with Crippen molar-refractivity contribution in [2.75, 3.05) is 0 Å². The molecular formula is C20H22ClN3O2. The highest BCUT2D eigenvalue weighted by Crippen LogP contribution is 2.24. The van der Waals surface area contributed by atoms with Crippen LogP contribution in [0.2, 0.25) is 5.15 Å². The molecule has 1 atom stereocenters. The summed E-state index contributed by atoms with van der Waals surface area (Å²) in [6.45, 7) is 2.99.